The van der Waals surface area contributed by atoms with E-state index >= 15 is 0 Å². The smallest absolute Gasteiger partial charge is 0.240 e. The van der Waals surface area contributed by atoms with Gasteiger partial charge in [0.2, 0.25) is 5.91 Å². The highest BCUT2D eigenvalue weighted by molar-refractivity contribution is 5.87. The summed E-state index contributed by atoms with van der Waals surface area (Å²) in [6.45, 7) is 2.31. The Morgan fingerprint density at radius 3 is 2.69 bits per heavy atom. The largest absolute Gasteiger partial charge is 0.493 e. The molecule has 1 aliphatic heterocycles. The van der Waals surface area contributed by atoms with Gasteiger partial charge in [0.15, 0.2) is 11.5 Å². The van der Waals surface area contributed by atoms with Crippen LogP contribution >= 0.6 is 0 Å². The fraction of sp³-hybridized carbons (Fsp3) is 0.435. The van der Waals surface area contributed by atoms with E-state index in [2.05, 4.69) is 10.2 Å². The molecule has 0 atom stereocenters. The molecule has 1 spiro atoms. The van der Waals surface area contributed by atoms with Crippen molar-refractivity contribution in [2.45, 2.75) is 44.4 Å². The number of methoxy groups -OCH3 is 1. The van der Waals surface area contributed by atoms with Gasteiger partial charge < -0.3 is 14.8 Å². The van der Waals surface area contributed by atoms with Crippen LogP contribution in [-0.4, -0.2) is 36.5 Å². The highest BCUT2D eigenvalue weighted by Crippen LogP contribution is 2.38. The van der Waals surface area contributed by atoms with Crippen LogP contribution in [-0.2, 0) is 17.9 Å². The van der Waals surface area contributed by atoms with Gasteiger partial charge in [-0.25, -0.2) is 4.39 Å². The van der Waals surface area contributed by atoms with Gasteiger partial charge >= 0.3 is 0 Å². The van der Waals surface area contributed by atoms with Gasteiger partial charge in [-0.05, 0) is 36.6 Å². The maximum absolute atomic E-state index is 13.9. The van der Waals surface area contributed by atoms with Gasteiger partial charge in [0.05, 0.1) is 7.11 Å². The van der Waals surface area contributed by atoms with E-state index in [1.54, 1.807) is 25.3 Å². The van der Waals surface area contributed by atoms with Gasteiger partial charge in [-0.3, -0.25) is 9.69 Å². The van der Waals surface area contributed by atoms with Crippen LogP contribution in [0.4, 0.5) is 4.39 Å². The molecule has 4 rings (SSSR count). The summed E-state index contributed by atoms with van der Waals surface area (Å²) in [4.78, 5) is 15.0. The molecule has 154 valence electrons. The lowest BCUT2D eigenvalue weighted by atomic mass is 9.91. The number of hydrogen-bond acceptors (Lipinski definition) is 4. The molecule has 29 heavy (non-hydrogen) atoms. The lowest BCUT2D eigenvalue weighted by Gasteiger charge is -2.43. The van der Waals surface area contributed by atoms with Crippen LogP contribution in [0.1, 0.15) is 36.8 Å². The average Bonchev–Trinajstić information content (AvgIpc) is 3.22. The van der Waals surface area contributed by atoms with Crippen LogP contribution in [0.15, 0.2) is 42.5 Å². The molecular formula is C23H27FN2O3. The van der Waals surface area contributed by atoms with E-state index in [4.69, 9.17) is 9.47 Å². The molecule has 1 saturated heterocycles. The van der Waals surface area contributed by atoms with Gasteiger partial charge in [-0.2, -0.15) is 0 Å². The average molecular weight is 398 g/mol. The maximum Gasteiger partial charge on any atom is 0.240 e. The van der Waals surface area contributed by atoms with E-state index in [1.807, 2.05) is 18.2 Å². The fourth-order valence-electron chi connectivity index (χ4n) is 4.48. The lowest BCUT2D eigenvalue weighted by Crippen LogP contribution is -2.63. The Balaban J connectivity index is 1.53. The molecule has 1 aliphatic carbocycles. The van der Waals surface area contributed by atoms with Crippen LogP contribution in [0.5, 0.6) is 11.5 Å². The molecular weight excluding hydrogens is 371 g/mol. The summed E-state index contributed by atoms with van der Waals surface area (Å²) < 4.78 is 25.2. The minimum Gasteiger partial charge on any atom is -0.493 e. The summed E-state index contributed by atoms with van der Waals surface area (Å²) in [6, 6.07) is 12.4. The first-order valence-corrected chi connectivity index (χ1v) is 10.2. The van der Waals surface area contributed by atoms with Crippen molar-refractivity contribution in [3.05, 3.63) is 59.4 Å². The zero-order valence-electron chi connectivity index (χ0n) is 16.7. The van der Waals surface area contributed by atoms with Crippen LogP contribution in [0.25, 0.3) is 0 Å². The topological polar surface area (TPSA) is 50.8 Å². The fourth-order valence-corrected chi connectivity index (χ4v) is 4.48. The monoisotopic (exact) mass is 398 g/mol. The van der Waals surface area contributed by atoms with Crippen molar-refractivity contribution in [1.29, 1.82) is 0 Å². The van der Waals surface area contributed by atoms with Crippen LogP contribution in [0.2, 0.25) is 0 Å². The Morgan fingerprint density at radius 2 is 1.93 bits per heavy atom. The summed E-state index contributed by atoms with van der Waals surface area (Å²) >= 11 is 0. The predicted octanol–water partition coefficient (Wildman–Crippen LogP) is 3.66. The first-order chi connectivity index (χ1) is 14.1. The van der Waals surface area contributed by atoms with Crippen molar-refractivity contribution in [2.24, 2.45) is 0 Å². The minimum atomic E-state index is -0.383. The molecule has 1 N–H and O–H groups in total. The van der Waals surface area contributed by atoms with Crippen molar-refractivity contribution < 1.29 is 18.7 Å². The van der Waals surface area contributed by atoms with E-state index < -0.39 is 0 Å². The van der Waals surface area contributed by atoms with Gasteiger partial charge in [-0.15, -0.1) is 0 Å². The number of benzene rings is 2. The van der Waals surface area contributed by atoms with Crippen LogP contribution < -0.4 is 14.8 Å². The quantitative estimate of drug-likeness (QED) is 0.807. The number of hydrogen-bond donors (Lipinski definition) is 1. The van der Waals surface area contributed by atoms with E-state index in [1.165, 1.54) is 6.07 Å². The summed E-state index contributed by atoms with van der Waals surface area (Å²) in [6.07, 6.45) is 3.99. The zero-order valence-corrected chi connectivity index (χ0v) is 16.7. The Morgan fingerprint density at radius 1 is 1.14 bits per heavy atom. The van der Waals surface area contributed by atoms with Crippen molar-refractivity contribution in [2.75, 3.05) is 20.2 Å². The zero-order chi connectivity index (χ0) is 20.3. The lowest BCUT2D eigenvalue weighted by molar-refractivity contribution is -0.137. The van der Waals surface area contributed by atoms with E-state index in [0.29, 0.717) is 30.2 Å². The maximum atomic E-state index is 13.9. The van der Waals surface area contributed by atoms with Gasteiger partial charge in [-0.1, -0.05) is 37.1 Å². The van der Waals surface area contributed by atoms with Crippen LogP contribution in [0.3, 0.4) is 0 Å². The summed E-state index contributed by atoms with van der Waals surface area (Å²) in [7, 11) is 1.59. The number of amides is 1. The second-order valence-corrected chi connectivity index (χ2v) is 7.78. The third-order valence-corrected chi connectivity index (χ3v) is 6.07. The van der Waals surface area contributed by atoms with Gasteiger partial charge in [0.1, 0.15) is 18.0 Å². The van der Waals surface area contributed by atoms with Crippen molar-refractivity contribution in [1.82, 2.24) is 10.2 Å². The Labute approximate surface area is 170 Å². The number of rotatable bonds is 6. The molecule has 1 saturated carbocycles. The summed E-state index contributed by atoms with van der Waals surface area (Å²) in [5, 5.41) is 3.04. The van der Waals surface area contributed by atoms with Crippen molar-refractivity contribution in [3.8, 4) is 11.5 Å². The molecule has 0 bridgehead atoms. The van der Waals surface area contributed by atoms with E-state index in [9.17, 15) is 9.18 Å². The Kier molecular flexibility index (Phi) is 5.72. The molecule has 2 aliphatic rings. The van der Waals surface area contributed by atoms with Gasteiger partial charge in [0, 0.05) is 25.2 Å². The number of halogens is 1. The van der Waals surface area contributed by atoms with Gasteiger partial charge in [0.25, 0.3) is 0 Å². The SMILES string of the molecule is COc1ccc(CN2CCNC(=O)C23CCCC3)cc1OCc1ccccc1F. The van der Waals surface area contributed by atoms with Crippen molar-refractivity contribution in [3.63, 3.8) is 0 Å². The Bertz CT molecular complexity index is 880. The molecule has 1 amide bonds. The molecule has 0 aromatic heterocycles. The number of nitrogens with one attached hydrogen (secondary N) is 1. The standard InChI is InChI=1S/C23H27FN2O3/c1-28-20-9-8-17(14-21(20)29-16-18-6-2-3-7-19(18)24)15-26-13-12-25-22(27)23(26)10-4-5-11-23/h2-3,6-9,14H,4-5,10-13,15-16H2,1H3,(H,25,27). The highest BCUT2D eigenvalue weighted by atomic mass is 19.1. The third-order valence-electron chi connectivity index (χ3n) is 6.07. The summed E-state index contributed by atoms with van der Waals surface area (Å²) in [5.74, 6) is 1.06. The number of ether oxygens (including phenoxy) is 2. The van der Waals surface area contributed by atoms with E-state index in [0.717, 1.165) is 37.8 Å². The van der Waals surface area contributed by atoms with Crippen LogP contribution in [0, 0.1) is 5.82 Å². The summed E-state index contributed by atoms with van der Waals surface area (Å²) in [5.41, 5.74) is 1.17. The van der Waals surface area contributed by atoms with Crippen molar-refractivity contribution >= 4 is 5.91 Å². The molecule has 0 radical (unpaired) electrons. The molecule has 2 aromatic rings. The highest BCUT2D eigenvalue weighted by Gasteiger charge is 2.47. The Hall–Kier alpha value is -2.60. The first kappa shape index (κ1) is 19.7. The first-order valence-electron chi connectivity index (χ1n) is 10.2. The van der Waals surface area contributed by atoms with E-state index in [-0.39, 0.29) is 23.9 Å². The number of nitrogens with zero attached hydrogens (tertiary/aromatic N) is 1. The number of carbonyl (C=O) groups excluding carboxylic acids is 1. The minimum absolute atomic E-state index is 0.128. The normalized spacial score (nSPS) is 18.6. The second kappa shape index (κ2) is 8.41. The molecule has 6 heteroatoms. The molecule has 0 unspecified atom stereocenters. The molecule has 2 fully saturated rings. The third kappa shape index (κ3) is 3.94. The second-order valence-electron chi connectivity index (χ2n) is 7.78. The molecule has 1 heterocycles. The number of piperazine rings is 1. The molecule has 2 aromatic carbocycles. The predicted molar refractivity (Wildman–Crippen MR) is 108 cm³/mol. The number of carbonyl (C=O) groups is 1. The molecule has 5 nitrogen and oxygen atoms in total.